The summed E-state index contributed by atoms with van der Waals surface area (Å²) >= 11 is 5.36. The van der Waals surface area contributed by atoms with Crippen LogP contribution in [-0.2, 0) is 20.0 Å². The Kier molecular flexibility index (Phi) is 3.12. The SMILES string of the molecule is Cn1ccnc1CCn1c(=S)[nH]c2c(C#N)cccc21. The molecule has 5 nitrogen and oxygen atoms in total. The lowest BCUT2D eigenvalue weighted by Gasteiger charge is -2.05. The molecule has 0 aliphatic heterocycles. The zero-order valence-electron chi connectivity index (χ0n) is 11.0. The minimum absolute atomic E-state index is 0.615. The van der Waals surface area contributed by atoms with Gasteiger partial charge in [0.15, 0.2) is 4.77 Å². The lowest BCUT2D eigenvalue weighted by atomic mass is 10.2. The average Bonchev–Trinajstić information content (AvgIpc) is 2.99. The van der Waals surface area contributed by atoms with Gasteiger partial charge in [0.05, 0.1) is 16.6 Å². The summed E-state index contributed by atoms with van der Waals surface area (Å²) in [6, 6.07) is 7.82. The van der Waals surface area contributed by atoms with Crippen LogP contribution in [0.5, 0.6) is 0 Å². The van der Waals surface area contributed by atoms with E-state index in [-0.39, 0.29) is 0 Å². The van der Waals surface area contributed by atoms with Crippen molar-refractivity contribution in [1.82, 2.24) is 19.1 Å². The Hall–Kier alpha value is -2.39. The summed E-state index contributed by atoms with van der Waals surface area (Å²) in [5.41, 5.74) is 2.38. The lowest BCUT2D eigenvalue weighted by Crippen LogP contribution is -2.05. The van der Waals surface area contributed by atoms with Gasteiger partial charge in [-0.15, -0.1) is 0 Å². The Labute approximate surface area is 121 Å². The van der Waals surface area contributed by atoms with Gasteiger partial charge in [-0.05, 0) is 24.4 Å². The molecule has 0 radical (unpaired) electrons. The van der Waals surface area contributed by atoms with Crippen molar-refractivity contribution in [2.75, 3.05) is 0 Å². The maximum Gasteiger partial charge on any atom is 0.178 e. The van der Waals surface area contributed by atoms with Crippen molar-refractivity contribution in [3.8, 4) is 6.07 Å². The molecule has 0 atom stereocenters. The lowest BCUT2D eigenvalue weighted by molar-refractivity contribution is 0.657. The zero-order valence-corrected chi connectivity index (χ0v) is 11.8. The Morgan fingerprint density at radius 1 is 1.45 bits per heavy atom. The molecule has 0 fully saturated rings. The van der Waals surface area contributed by atoms with Gasteiger partial charge in [0.1, 0.15) is 11.9 Å². The zero-order chi connectivity index (χ0) is 14.1. The van der Waals surface area contributed by atoms with Gasteiger partial charge in [-0.25, -0.2) is 4.98 Å². The molecule has 1 N–H and O–H groups in total. The predicted octanol–water partition coefficient (Wildman–Crippen LogP) is 2.55. The highest BCUT2D eigenvalue weighted by molar-refractivity contribution is 7.71. The van der Waals surface area contributed by atoms with E-state index in [1.807, 2.05) is 34.5 Å². The fourth-order valence-corrected chi connectivity index (χ4v) is 2.64. The number of hydrogen-bond acceptors (Lipinski definition) is 3. The maximum atomic E-state index is 9.13. The average molecular weight is 283 g/mol. The van der Waals surface area contributed by atoms with Crippen LogP contribution in [0.4, 0.5) is 0 Å². The quantitative estimate of drug-likeness (QED) is 0.751. The monoisotopic (exact) mass is 283 g/mol. The predicted molar refractivity (Wildman–Crippen MR) is 78.7 cm³/mol. The molecule has 20 heavy (non-hydrogen) atoms. The number of fused-ring (bicyclic) bond motifs is 1. The number of benzene rings is 1. The molecule has 2 aromatic heterocycles. The third kappa shape index (κ3) is 2.02. The minimum atomic E-state index is 0.615. The van der Waals surface area contributed by atoms with Gasteiger partial charge in [0, 0.05) is 32.4 Å². The van der Waals surface area contributed by atoms with Crippen molar-refractivity contribution in [1.29, 1.82) is 5.26 Å². The minimum Gasteiger partial charge on any atom is -0.338 e. The van der Waals surface area contributed by atoms with Gasteiger partial charge in [0.25, 0.3) is 0 Å². The van der Waals surface area contributed by atoms with Crippen LogP contribution in [-0.4, -0.2) is 19.1 Å². The Bertz CT molecular complexity index is 862. The number of hydrogen-bond donors (Lipinski definition) is 1. The van der Waals surface area contributed by atoms with Crippen molar-refractivity contribution in [3.05, 3.63) is 46.8 Å². The van der Waals surface area contributed by atoms with Crippen molar-refractivity contribution >= 4 is 23.3 Å². The van der Waals surface area contributed by atoms with Gasteiger partial charge in [-0.1, -0.05) is 6.07 Å². The van der Waals surface area contributed by atoms with Gasteiger partial charge in [0.2, 0.25) is 0 Å². The molecule has 0 aliphatic carbocycles. The Balaban J connectivity index is 2.00. The summed E-state index contributed by atoms with van der Waals surface area (Å²) in [7, 11) is 1.98. The van der Waals surface area contributed by atoms with E-state index in [1.54, 1.807) is 12.3 Å². The van der Waals surface area contributed by atoms with Crippen molar-refractivity contribution in [2.24, 2.45) is 7.05 Å². The molecule has 0 saturated carbocycles. The maximum absolute atomic E-state index is 9.13. The molecule has 0 unspecified atom stereocenters. The van der Waals surface area contributed by atoms with Crippen LogP contribution in [0.2, 0.25) is 0 Å². The number of aromatic amines is 1. The summed E-state index contributed by atoms with van der Waals surface area (Å²) in [5.74, 6) is 1.01. The van der Waals surface area contributed by atoms with Crippen LogP contribution in [0.15, 0.2) is 30.6 Å². The summed E-state index contributed by atoms with van der Waals surface area (Å²) in [6.45, 7) is 0.735. The fourth-order valence-electron chi connectivity index (χ4n) is 2.34. The summed E-state index contributed by atoms with van der Waals surface area (Å²) in [5, 5.41) is 9.13. The third-order valence-electron chi connectivity index (χ3n) is 3.41. The highest BCUT2D eigenvalue weighted by Gasteiger charge is 2.09. The Morgan fingerprint density at radius 3 is 3.00 bits per heavy atom. The van der Waals surface area contributed by atoms with Crippen molar-refractivity contribution < 1.29 is 0 Å². The molecule has 100 valence electrons. The highest BCUT2D eigenvalue weighted by atomic mass is 32.1. The molecule has 6 heteroatoms. The number of nitrogens with one attached hydrogen (secondary N) is 1. The molecule has 0 aliphatic rings. The van der Waals surface area contributed by atoms with Crippen molar-refractivity contribution in [3.63, 3.8) is 0 Å². The molecule has 0 spiro atoms. The smallest absolute Gasteiger partial charge is 0.178 e. The summed E-state index contributed by atoms with van der Waals surface area (Å²) in [4.78, 5) is 7.43. The van der Waals surface area contributed by atoms with Crippen LogP contribution in [0, 0.1) is 16.1 Å². The molecule has 2 heterocycles. The molecular weight excluding hydrogens is 270 g/mol. The van der Waals surface area contributed by atoms with E-state index in [0.29, 0.717) is 10.3 Å². The second-order valence-electron chi connectivity index (χ2n) is 4.60. The first-order valence-corrected chi connectivity index (χ1v) is 6.69. The van der Waals surface area contributed by atoms with Crippen LogP contribution in [0.3, 0.4) is 0 Å². The standard InChI is InChI=1S/C14H13N5S/c1-18-8-6-16-12(18)5-7-19-11-4-2-3-10(9-15)13(11)17-14(19)20/h2-4,6,8H,5,7H2,1H3,(H,17,20). The van der Waals surface area contributed by atoms with E-state index in [9.17, 15) is 0 Å². The highest BCUT2D eigenvalue weighted by Crippen LogP contribution is 2.18. The Morgan fingerprint density at radius 2 is 2.30 bits per heavy atom. The first kappa shape index (κ1) is 12.6. The number of nitrogens with zero attached hydrogens (tertiary/aromatic N) is 4. The molecule has 0 saturated heterocycles. The van der Waals surface area contributed by atoms with Crippen LogP contribution < -0.4 is 0 Å². The second kappa shape index (κ2) is 4.94. The van der Waals surface area contributed by atoms with E-state index in [1.165, 1.54) is 0 Å². The first-order valence-electron chi connectivity index (χ1n) is 6.28. The van der Waals surface area contributed by atoms with E-state index in [0.717, 1.165) is 29.8 Å². The van der Waals surface area contributed by atoms with E-state index >= 15 is 0 Å². The van der Waals surface area contributed by atoms with E-state index < -0.39 is 0 Å². The first-order chi connectivity index (χ1) is 9.70. The second-order valence-corrected chi connectivity index (χ2v) is 4.98. The normalized spacial score (nSPS) is 10.8. The van der Waals surface area contributed by atoms with Crippen LogP contribution in [0.25, 0.3) is 11.0 Å². The molecule has 3 rings (SSSR count). The fraction of sp³-hybridized carbons (Fsp3) is 0.214. The number of aryl methyl sites for hydroxylation is 3. The van der Waals surface area contributed by atoms with Gasteiger partial charge in [-0.2, -0.15) is 5.26 Å². The van der Waals surface area contributed by atoms with Gasteiger partial charge < -0.3 is 14.1 Å². The van der Waals surface area contributed by atoms with Gasteiger partial charge >= 0.3 is 0 Å². The van der Waals surface area contributed by atoms with Crippen LogP contribution in [0.1, 0.15) is 11.4 Å². The summed E-state index contributed by atoms with van der Waals surface area (Å²) in [6.07, 6.45) is 4.51. The van der Waals surface area contributed by atoms with Crippen molar-refractivity contribution in [2.45, 2.75) is 13.0 Å². The van der Waals surface area contributed by atoms with E-state index in [4.69, 9.17) is 17.5 Å². The molecule has 3 aromatic rings. The number of imidazole rings is 2. The molecular formula is C14H13N5S. The number of H-pyrrole nitrogens is 1. The van der Waals surface area contributed by atoms with Crippen LogP contribution >= 0.6 is 12.2 Å². The third-order valence-corrected chi connectivity index (χ3v) is 3.73. The molecule has 0 bridgehead atoms. The number of rotatable bonds is 3. The number of para-hydroxylation sites is 1. The largest absolute Gasteiger partial charge is 0.338 e. The molecule has 1 aromatic carbocycles. The topological polar surface area (TPSA) is 62.3 Å². The number of nitriles is 1. The van der Waals surface area contributed by atoms with E-state index in [2.05, 4.69) is 16.0 Å². The van der Waals surface area contributed by atoms with Gasteiger partial charge in [-0.3, -0.25) is 0 Å². The number of aromatic nitrogens is 4. The summed E-state index contributed by atoms with van der Waals surface area (Å²) < 4.78 is 4.65. The molecule has 0 amide bonds.